The number of benzene rings is 2. The molecule has 10 heteroatoms. The van der Waals surface area contributed by atoms with Crippen molar-refractivity contribution in [3.63, 3.8) is 0 Å². The highest BCUT2D eigenvalue weighted by Gasteiger charge is 2.37. The maximum atomic E-state index is 14.8. The van der Waals surface area contributed by atoms with E-state index in [-0.39, 0.29) is 23.6 Å². The number of hydrogen-bond acceptors (Lipinski definition) is 5. The summed E-state index contributed by atoms with van der Waals surface area (Å²) in [6.45, 7) is 1.65. The topological polar surface area (TPSA) is 109 Å². The first-order valence-electron chi connectivity index (χ1n) is 9.52. The van der Waals surface area contributed by atoms with Crippen molar-refractivity contribution in [1.82, 2.24) is 9.55 Å². The molecule has 3 aromatic rings. The van der Waals surface area contributed by atoms with Crippen molar-refractivity contribution < 1.29 is 18.0 Å². The van der Waals surface area contributed by atoms with Crippen molar-refractivity contribution in [3.8, 4) is 6.07 Å². The lowest BCUT2D eigenvalue weighted by Crippen LogP contribution is -2.37. The number of aliphatic imine (C=N–C) groups is 1. The molecule has 162 valence electrons. The van der Waals surface area contributed by atoms with Crippen LogP contribution in [0, 0.1) is 17.1 Å². The normalized spacial score (nSPS) is 17.4. The van der Waals surface area contributed by atoms with Gasteiger partial charge in [-0.1, -0.05) is 0 Å². The number of imidazole rings is 1. The summed E-state index contributed by atoms with van der Waals surface area (Å²) in [5.41, 5.74) is 5.47. The maximum Gasteiger partial charge on any atom is 0.282 e. The van der Waals surface area contributed by atoms with Crippen molar-refractivity contribution in [3.05, 3.63) is 82.7 Å². The number of nitrogens with two attached hydrogens (primary N) is 1. The lowest BCUT2D eigenvalue weighted by Gasteiger charge is -2.32. The molecule has 1 aliphatic heterocycles. The van der Waals surface area contributed by atoms with E-state index >= 15 is 0 Å². The fourth-order valence-corrected chi connectivity index (χ4v) is 3.70. The van der Waals surface area contributed by atoms with E-state index in [2.05, 4.69) is 15.3 Å². The number of nitrogens with one attached hydrogen (secondary N) is 1. The average Bonchev–Trinajstić information content (AvgIpc) is 3.19. The number of nitrogens with zero attached hydrogens (tertiary/aromatic N) is 4. The molecule has 0 saturated heterocycles. The smallest absolute Gasteiger partial charge is 0.282 e. The summed E-state index contributed by atoms with van der Waals surface area (Å²) in [6, 6.07) is 12.0. The Balaban J connectivity index is 1.65. The number of nitriles is 1. The Morgan fingerprint density at radius 3 is 2.66 bits per heavy atom. The van der Waals surface area contributed by atoms with Gasteiger partial charge in [-0.15, -0.1) is 0 Å². The summed E-state index contributed by atoms with van der Waals surface area (Å²) >= 11 is 0. The first kappa shape index (κ1) is 21.1. The zero-order valence-electron chi connectivity index (χ0n) is 16.8. The fraction of sp³-hybridized carbons (Fsp3) is 0.182. The van der Waals surface area contributed by atoms with Crippen LogP contribution in [0.5, 0.6) is 0 Å². The number of fused-ring (bicyclic) bond motifs is 1. The summed E-state index contributed by atoms with van der Waals surface area (Å²) in [6.07, 6.45) is -1.59. The summed E-state index contributed by atoms with van der Waals surface area (Å²) in [7, 11) is 0. The number of carbonyl (C=O) groups excluding carboxylic acids is 1. The second-order valence-corrected chi connectivity index (χ2v) is 7.52. The van der Waals surface area contributed by atoms with E-state index < -0.39 is 29.4 Å². The van der Waals surface area contributed by atoms with Gasteiger partial charge < -0.3 is 15.6 Å². The minimum Gasteiger partial charge on any atom is -0.382 e. The van der Waals surface area contributed by atoms with E-state index in [4.69, 9.17) is 11.0 Å². The molecule has 1 amide bonds. The molecule has 0 spiro atoms. The molecule has 2 aromatic carbocycles. The van der Waals surface area contributed by atoms with Crippen LogP contribution in [0.1, 0.15) is 46.2 Å². The monoisotopic (exact) mass is 438 g/mol. The summed E-state index contributed by atoms with van der Waals surface area (Å²) in [4.78, 5) is 20.6. The standard InChI is InChI=1S/C22H17F3N6O/c1-22(10-31-11-28-17(19(24)25)18(31)20(27)30-22)15-8-14(6-7-16(15)23)29-21(32)13-4-2-12(9-26)3-5-13/h2-8,11,19H,10H2,1H3,(H2,27,30)(H,29,32)/t22-/m0/s1. The summed E-state index contributed by atoms with van der Waals surface area (Å²) < 4.78 is 42.6. The second kappa shape index (κ2) is 7.85. The molecule has 7 nitrogen and oxygen atoms in total. The number of hydrogen-bond donors (Lipinski definition) is 2. The van der Waals surface area contributed by atoms with Gasteiger partial charge in [-0.25, -0.2) is 18.2 Å². The van der Waals surface area contributed by atoms with E-state index in [9.17, 15) is 18.0 Å². The number of alkyl halides is 2. The number of carbonyl (C=O) groups is 1. The van der Waals surface area contributed by atoms with Crippen LogP contribution in [0.15, 0.2) is 53.8 Å². The van der Waals surface area contributed by atoms with Gasteiger partial charge in [-0.2, -0.15) is 5.26 Å². The van der Waals surface area contributed by atoms with Crippen LogP contribution in [0.3, 0.4) is 0 Å². The van der Waals surface area contributed by atoms with E-state index in [1.54, 1.807) is 6.92 Å². The Morgan fingerprint density at radius 2 is 2.00 bits per heavy atom. The predicted octanol–water partition coefficient (Wildman–Crippen LogP) is 3.72. The third-order valence-corrected chi connectivity index (χ3v) is 5.24. The van der Waals surface area contributed by atoms with Crippen LogP contribution in [-0.2, 0) is 12.1 Å². The lowest BCUT2D eigenvalue weighted by molar-refractivity contribution is 0.102. The first-order chi connectivity index (χ1) is 15.2. The van der Waals surface area contributed by atoms with Crippen molar-refractivity contribution in [2.45, 2.75) is 25.4 Å². The SMILES string of the molecule is C[C@@]1(c2cc(NC(=O)c3ccc(C#N)cc3)ccc2F)Cn2cnc(C(F)F)c2C(N)=N1. The van der Waals surface area contributed by atoms with Gasteiger partial charge in [-0.05, 0) is 49.4 Å². The van der Waals surface area contributed by atoms with Crippen molar-refractivity contribution >= 4 is 17.4 Å². The molecule has 32 heavy (non-hydrogen) atoms. The minimum atomic E-state index is -2.82. The number of aromatic nitrogens is 2. The first-order valence-corrected chi connectivity index (χ1v) is 9.52. The average molecular weight is 438 g/mol. The van der Waals surface area contributed by atoms with Gasteiger partial charge in [0.05, 0.1) is 24.5 Å². The van der Waals surface area contributed by atoms with Crippen molar-refractivity contribution in [2.24, 2.45) is 10.7 Å². The van der Waals surface area contributed by atoms with Gasteiger partial charge >= 0.3 is 0 Å². The number of rotatable bonds is 4. The van der Waals surface area contributed by atoms with Crippen LogP contribution in [0.25, 0.3) is 0 Å². The van der Waals surface area contributed by atoms with E-state index in [0.29, 0.717) is 16.8 Å². The van der Waals surface area contributed by atoms with Crippen molar-refractivity contribution in [2.75, 3.05) is 5.32 Å². The summed E-state index contributed by atoms with van der Waals surface area (Å²) in [5, 5.41) is 11.5. The molecule has 3 N–H and O–H groups in total. The number of halogens is 3. The number of amidine groups is 1. The van der Waals surface area contributed by atoms with Gasteiger partial charge in [-0.3, -0.25) is 9.79 Å². The molecule has 0 unspecified atom stereocenters. The largest absolute Gasteiger partial charge is 0.382 e. The van der Waals surface area contributed by atoms with E-state index in [0.717, 1.165) is 0 Å². The van der Waals surface area contributed by atoms with Crippen LogP contribution >= 0.6 is 0 Å². The van der Waals surface area contributed by atoms with Crippen LogP contribution in [0.2, 0.25) is 0 Å². The maximum absolute atomic E-state index is 14.8. The molecule has 0 aliphatic carbocycles. The molecule has 0 saturated carbocycles. The Morgan fingerprint density at radius 1 is 1.28 bits per heavy atom. The third kappa shape index (κ3) is 3.69. The molecular weight excluding hydrogens is 421 g/mol. The molecule has 1 aliphatic rings. The third-order valence-electron chi connectivity index (χ3n) is 5.24. The molecule has 0 bridgehead atoms. The highest BCUT2D eigenvalue weighted by molar-refractivity contribution is 6.04. The molecule has 1 aromatic heterocycles. The Labute approximate surface area is 181 Å². The van der Waals surface area contributed by atoms with Crippen LogP contribution in [0.4, 0.5) is 18.9 Å². The van der Waals surface area contributed by atoms with E-state index in [1.807, 2.05) is 6.07 Å². The quantitative estimate of drug-likeness (QED) is 0.647. The second-order valence-electron chi connectivity index (χ2n) is 7.52. The Bertz CT molecular complexity index is 1280. The van der Waals surface area contributed by atoms with Gasteiger partial charge in [0.2, 0.25) is 0 Å². The predicted molar refractivity (Wildman–Crippen MR) is 111 cm³/mol. The molecular formula is C22H17F3N6O. The summed E-state index contributed by atoms with van der Waals surface area (Å²) in [5.74, 6) is -1.20. The Hall–Kier alpha value is -4.13. The fourth-order valence-electron chi connectivity index (χ4n) is 3.70. The highest BCUT2D eigenvalue weighted by Crippen LogP contribution is 2.36. The van der Waals surface area contributed by atoms with Gasteiger partial charge in [0.15, 0.2) is 0 Å². The minimum absolute atomic E-state index is 0.0168. The van der Waals surface area contributed by atoms with E-state index in [1.165, 1.54) is 53.4 Å². The number of amides is 1. The molecule has 0 fully saturated rings. The number of anilines is 1. The highest BCUT2D eigenvalue weighted by atomic mass is 19.3. The zero-order chi connectivity index (χ0) is 23.0. The van der Waals surface area contributed by atoms with Gasteiger partial charge in [0, 0.05) is 16.8 Å². The van der Waals surface area contributed by atoms with Crippen molar-refractivity contribution in [1.29, 1.82) is 5.26 Å². The van der Waals surface area contributed by atoms with Gasteiger partial charge in [0.1, 0.15) is 28.6 Å². The zero-order valence-corrected chi connectivity index (χ0v) is 16.8. The molecule has 2 heterocycles. The Kier molecular flexibility index (Phi) is 5.18. The molecule has 1 atom stereocenters. The van der Waals surface area contributed by atoms with Crippen LogP contribution < -0.4 is 11.1 Å². The van der Waals surface area contributed by atoms with Crippen LogP contribution in [-0.4, -0.2) is 21.3 Å². The van der Waals surface area contributed by atoms with Gasteiger partial charge in [0.25, 0.3) is 12.3 Å². The molecule has 4 rings (SSSR count). The molecule has 0 radical (unpaired) electrons. The lowest BCUT2D eigenvalue weighted by atomic mass is 9.90.